The number of benzene rings is 1. The molecule has 2 aliphatic rings. The largest absolute Gasteiger partial charge is 0.373 e. The van der Waals surface area contributed by atoms with Crippen LogP contribution in [0.25, 0.3) is 0 Å². The topological polar surface area (TPSA) is 79.9 Å². The molecule has 4 rings (SSSR count). The molecular formula is C20H27IN6O. The van der Waals surface area contributed by atoms with Crippen LogP contribution in [0.5, 0.6) is 0 Å². The Labute approximate surface area is 183 Å². The smallest absolute Gasteiger partial charge is 0.225 e. The minimum atomic E-state index is 0. The van der Waals surface area contributed by atoms with Crippen LogP contribution in [-0.2, 0) is 4.74 Å². The zero-order chi connectivity index (χ0) is 18.5. The van der Waals surface area contributed by atoms with Crippen LogP contribution in [0.1, 0.15) is 18.1 Å². The van der Waals surface area contributed by atoms with Gasteiger partial charge in [0.05, 0.1) is 6.10 Å². The molecule has 8 heteroatoms. The van der Waals surface area contributed by atoms with Crippen molar-refractivity contribution in [2.24, 2.45) is 16.6 Å². The fraction of sp³-hybridized carbons (Fsp3) is 0.450. The van der Waals surface area contributed by atoms with E-state index in [1.807, 2.05) is 12.1 Å². The highest BCUT2D eigenvalue weighted by atomic mass is 127. The average molecular weight is 494 g/mol. The van der Waals surface area contributed by atoms with Crippen LogP contribution in [0.15, 0.2) is 53.8 Å². The van der Waals surface area contributed by atoms with E-state index in [1.54, 1.807) is 12.4 Å². The van der Waals surface area contributed by atoms with Crippen molar-refractivity contribution < 1.29 is 4.74 Å². The SMILES string of the molecule is I.NC(=NC[C@H]1CCO[C@@H]1c1ccccc1)N1CCN(c2ncccn2)CC1. The van der Waals surface area contributed by atoms with E-state index in [0.717, 1.165) is 45.2 Å². The fourth-order valence-corrected chi connectivity index (χ4v) is 3.73. The number of nitrogens with zero attached hydrogens (tertiary/aromatic N) is 5. The molecule has 2 aromatic rings. The lowest BCUT2D eigenvalue weighted by atomic mass is 9.95. The molecule has 0 saturated carbocycles. The van der Waals surface area contributed by atoms with E-state index in [0.29, 0.717) is 18.4 Å². The highest BCUT2D eigenvalue weighted by Crippen LogP contribution is 2.34. The fourth-order valence-electron chi connectivity index (χ4n) is 3.73. The summed E-state index contributed by atoms with van der Waals surface area (Å²) in [5.74, 6) is 1.79. The number of piperazine rings is 1. The Morgan fingerprint density at radius 3 is 2.50 bits per heavy atom. The van der Waals surface area contributed by atoms with Gasteiger partial charge >= 0.3 is 0 Å². The molecular weight excluding hydrogens is 467 g/mol. The third-order valence-electron chi connectivity index (χ3n) is 5.27. The van der Waals surface area contributed by atoms with E-state index in [2.05, 4.69) is 44.0 Å². The van der Waals surface area contributed by atoms with Crippen LogP contribution >= 0.6 is 24.0 Å². The van der Waals surface area contributed by atoms with Crippen LogP contribution in [0, 0.1) is 5.92 Å². The molecule has 0 unspecified atom stereocenters. The first kappa shape index (κ1) is 20.8. The number of ether oxygens (including phenoxy) is 1. The molecule has 2 aliphatic heterocycles. The highest BCUT2D eigenvalue weighted by Gasteiger charge is 2.29. The van der Waals surface area contributed by atoms with Crippen LogP contribution < -0.4 is 10.6 Å². The number of anilines is 1. The van der Waals surface area contributed by atoms with E-state index >= 15 is 0 Å². The van der Waals surface area contributed by atoms with Gasteiger partial charge in [-0.15, -0.1) is 24.0 Å². The summed E-state index contributed by atoms with van der Waals surface area (Å²) in [6.07, 6.45) is 4.69. The number of nitrogens with two attached hydrogens (primary N) is 1. The Hall–Kier alpha value is -1.94. The zero-order valence-electron chi connectivity index (χ0n) is 15.9. The van der Waals surface area contributed by atoms with Crippen molar-refractivity contribution in [1.29, 1.82) is 0 Å². The van der Waals surface area contributed by atoms with Crippen molar-refractivity contribution in [2.75, 3.05) is 44.2 Å². The molecule has 2 N–H and O–H groups in total. The predicted molar refractivity (Wildman–Crippen MR) is 121 cm³/mol. The number of aromatic nitrogens is 2. The molecule has 2 fully saturated rings. The Balaban J connectivity index is 0.00000225. The van der Waals surface area contributed by atoms with Gasteiger partial charge in [-0.1, -0.05) is 30.3 Å². The first-order valence-electron chi connectivity index (χ1n) is 9.54. The number of hydrogen-bond acceptors (Lipinski definition) is 5. The first-order chi connectivity index (χ1) is 13.3. The van der Waals surface area contributed by atoms with Gasteiger partial charge in [0.25, 0.3) is 0 Å². The Morgan fingerprint density at radius 2 is 1.79 bits per heavy atom. The van der Waals surface area contributed by atoms with Crippen LogP contribution in [0.3, 0.4) is 0 Å². The van der Waals surface area contributed by atoms with Crippen molar-refractivity contribution >= 4 is 35.9 Å². The third kappa shape index (κ3) is 4.91. The first-order valence-corrected chi connectivity index (χ1v) is 9.54. The highest BCUT2D eigenvalue weighted by molar-refractivity contribution is 14.0. The van der Waals surface area contributed by atoms with Gasteiger partial charge in [-0.3, -0.25) is 4.99 Å². The lowest BCUT2D eigenvalue weighted by Crippen LogP contribution is -2.51. The monoisotopic (exact) mass is 494 g/mol. The van der Waals surface area contributed by atoms with E-state index in [4.69, 9.17) is 15.5 Å². The summed E-state index contributed by atoms with van der Waals surface area (Å²) in [6, 6.07) is 12.2. The zero-order valence-corrected chi connectivity index (χ0v) is 18.2. The molecule has 150 valence electrons. The summed E-state index contributed by atoms with van der Waals surface area (Å²) in [6.45, 7) is 4.84. The molecule has 28 heavy (non-hydrogen) atoms. The Morgan fingerprint density at radius 1 is 1.07 bits per heavy atom. The second-order valence-corrected chi connectivity index (χ2v) is 6.97. The molecule has 1 aromatic heterocycles. The van der Waals surface area contributed by atoms with Crippen LogP contribution in [0.2, 0.25) is 0 Å². The van der Waals surface area contributed by atoms with E-state index in [1.165, 1.54) is 5.56 Å². The molecule has 0 radical (unpaired) electrons. The molecule has 0 amide bonds. The molecule has 1 aromatic carbocycles. The molecule has 0 aliphatic carbocycles. The maximum Gasteiger partial charge on any atom is 0.225 e. The molecule has 0 bridgehead atoms. The number of guanidine groups is 1. The normalized spacial score (nSPS) is 22.8. The lowest BCUT2D eigenvalue weighted by Gasteiger charge is -2.35. The Kier molecular flexibility index (Phi) is 7.43. The molecule has 7 nitrogen and oxygen atoms in total. The van der Waals surface area contributed by atoms with Crippen molar-refractivity contribution in [3.05, 3.63) is 54.4 Å². The van der Waals surface area contributed by atoms with Crippen molar-refractivity contribution in [1.82, 2.24) is 14.9 Å². The van der Waals surface area contributed by atoms with Crippen molar-refractivity contribution in [2.45, 2.75) is 12.5 Å². The summed E-state index contributed by atoms with van der Waals surface area (Å²) >= 11 is 0. The summed E-state index contributed by atoms with van der Waals surface area (Å²) < 4.78 is 5.95. The van der Waals surface area contributed by atoms with E-state index < -0.39 is 0 Å². The van der Waals surface area contributed by atoms with Gasteiger partial charge in [0.1, 0.15) is 0 Å². The number of halogens is 1. The quantitative estimate of drug-likeness (QED) is 0.400. The predicted octanol–water partition coefficient (Wildman–Crippen LogP) is 2.31. The van der Waals surface area contributed by atoms with Gasteiger partial charge in [0.2, 0.25) is 5.95 Å². The lowest BCUT2D eigenvalue weighted by molar-refractivity contribution is 0.0925. The average Bonchev–Trinajstić information content (AvgIpc) is 3.22. The maximum atomic E-state index is 6.28. The van der Waals surface area contributed by atoms with Crippen molar-refractivity contribution in [3.8, 4) is 0 Å². The van der Waals surface area contributed by atoms with Gasteiger partial charge in [-0.25, -0.2) is 9.97 Å². The van der Waals surface area contributed by atoms with Gasteiger partial charge in [0, 0.05) is 57.6 Å². The second-order valence-electron chi connectivity index (χ2n) is 6.97. The maximum absolute atomic E-state index is 6.28. The summed E-state index contributed by atoms with van der Waals surface area (Å²) in [7, 11) is 0. The van der Waals surface area contributed by atoms with Gasteiger partial charge in [-0.2, -0.15) is 0 Å². The number of rotatable bonds is 4. The Bertz CT molecular complexity index is 752. The van der Waals surface area contributed by atoms with Gasteiger partial charge in [-0.05, 0) is 18.1 Å². The second kappa shape index (κ2) is 10.0. The van der Waals surface area contributed by atoms with Gasteiger partial charge < -0.3 is 20.3 Å². The number of aliphatic imine (C=N–C) groups is 1. The molecule has 2 atom stereocenters. The summed E-state index contributed by atoms with van der Waals surface area (Å²) in [4.78, 5) is 17.7. The minimum Gasteiger partial charge on any atom is -0.373 e. The number of hydrogen-bond donors (Lipinski definition) is 1. The molecule has 0 spiro atoms. The third-order valence-corrected chi connectivity index (χ3v) is 5.27. The van der Waals surface area contributed by atoms with E-state index in [9.17, 15) is 0 Å². The molecule has 3 heterocycles. The van der Waals surface area contributed by atoms with Crippen molar-refractivity contribution in [3.63, 3.8) is 0 Å². The van der Waals surface area contributed by atoms with Crippen LogP contribution in [0.4, 0.5) is 5.95 Å². The summed E-state index contributed by atoms with van der Waals surface area (Å²) in [5, 5.41) is 0. The van der Waals surface area contributed by atoms with E-state index in [-0.39, 0.29) is 30.1 Å². The standard InChI is InChI=1S/C20H26N6O.HI/c21-19(25-10-12-26(13-11-25)20-22-8-4-9-23-20)24-15-17-7-14-27-18(17)16-5-2-1-3-6-16;/h1-6,8-9,17-18H,7,10-15H2,(H2,21,24);1H/t17-,18-;/m1./s1. The molecule has 2 saturated heterocycles. The van der Waals surface area contributed by atoms with Crippen LogP contribution in [-0.4, -0.2) is 60.2 Å². The summed E-state index contributed by atoms with van der Waals surface area (Å²) in [5.41, 5.74) is 7.51. The minimum absolute atomic E-state index is 0. The van der Waals surface area contributed by atoms with Gasteiger partial charge in [0.15, 0.2) is 5.96 Å².